The predicted octanol–water partition coefficient (Wildman–Crippen LogP) is 1.20. The first-order chi connectivity index (χ1) is 8.78. The van der Waals surface area contributed by atoms with Crippen LogP contribution in [-0.2, 0) is 9.84 Å². The van der Waals surface area contributed by atoms with Gasteiger partial charge in [-0.25, -0.2) is 18.2 Å². The minimum Gasteiger partial charge on any atom is -0.477 e. The summed E-state index contributed by atoms with van der Waals surface area (Å²) in [5.74, 6) is -0.661. The molecule has 0 atom stereocenters. The van der Waals surface area contributed by atoms with Gasteiger partial charge >= 0.3 is 5.97 Å². The number of carbonyl (C=O) groups is 1. The zero-order valence-electron chi connectivity index (χ0n) is 10.8. The smallest absolute Gasteiger partial charge is 0.347 e. The number of hydrogen-bond acceptors (Lipinski definition) is 6. The van der Waals surface area contributed by atoms with Crippen molar-refractivity contribution >= 4 is 32.3 Å². The summed E-state index contributed by atoms with van der Waals surface area (Å²) >= 11 is 1.12. The third-order valence-corrected chi connectivity index (χ3v) is 5.02. The fourth-order valence-corrected chi connectivity index (χ4v) is 3.25. The monoisotopic (exact) mass is 304 g/mol. The first-order valence-electron chi connectivity index (χ1n) is 5.91. The summed E-state index contributed by atoms with van der Waals surface area (Å²) in [6.07, 6.45) is 3.15. The topological polar surface area (TPSA) is 87.6 Å². The molecule has 1 aromatic rings. The normalized spacial score (nSPS) is 15.5. The van der Waals surface area contributed by atoms with E-state index in [0.717, 1.165) is 24.2 Å². The molecule has 0 amide bonds. The molecular formula is C11H16N2O4S2. The molecule has 0 saturated heterocycles. The largest absolute Gasteiger partial charge is 0.477 e. The third-order valence-electron chi connectivity index (χ3n) is 2.92. The van der Waals surface area contributed by atoms with Crippen molar-refractivity contribution in [1.29, 1.82) is 0 Å². The Balaban J connectivity index is 2.16. The average Bonchev–Trinajstić information content (AvgIpc) is 3.03. The third kappa shape index (κ3) is 3.66. The van der Waals surface area contributed by atoms with E-state index in [0.29, 0.717) is 17.4 Å². The van der Waals surface area contributed by atoms with Crippen LogP contribution in [0.15, 0.2) is 0 Å². The van der Waals surface area contributed by atoms with Crippen molar-refractivity contribution in [3.8, 4) is 0 Å². The van der Waals surface area contributed by atoms with Gasteiger partial charge in [-0.15, -0.1) is 0 Å². The summed E-state index contributed by atoms with van der Waals surface area (Å²) < 4.78 is 22.3. The number of thiazole rings is 1. The van der Waals surface area contributed by atoms with Crippen LogP contribution in [-0.4, -0.2) is 50.1 Å². The quantitative estimate of drug-likeness (QED) is 0.849. The highest BCUT2D eigenvalue weighted by atomic mass is 32.2. The van der Waals surface area contributed by atoms with Gasteiger partial charge in [-0.05, 0) is 12.8 Å². The Bertz CT molecular complexity index is 590. The SMILES string of the molecule is CN(CCS(C)(=O)=O)c1nc(C2CC2)c(C(=O)O)s1. The number of rotatable bonds is 6. The van der Waals surface area contributed by atoms with Crippen LogP contribution in [0.2, 0.25) is 0 Å². The number of nitrogens with zero attached hydrogens (tertiary/aromatic N) is 2. The Labute approximate surface area is 116 Å². The van der Waals surface area contributed by atoms with Crippen molar-refractivity contribution in [2.45, 2.75) is 18.8 Å². The van der Waals surface area contributed by atoms with E-state index in [-0.39, 0.29) is 16.5 Å². The van der Waals surface area contributed by atoms with Crippen LogP contribution >= 0.6 is 11.3 Å². The van der Waals surface area contributed by atoms with Gasteiger partial charge in [-0.3, -0.25) is 0 Å². The number of sulfone groups is 1. The van der Waals surface area contributed by atoms with Crippen molar-refractivity contribution in [1.82, 2.24) is 4.98 Å². The molecule has 0 unspecified atom stereocenters. The molecule has 0 bridgehead atoms. The fourth-order valence-electron chi connectivity index (χ4n) is 1.67. The van der Waals surface area contributed by atoms with Crippen LogP contribution in [0.25, 0.3) is 0 Å². The lowest BCUT2D eigenvalue weighted by Gasteiger charge is -2.14. The van der Waals surface area contributed by atoms with Crippen LogP contribution in [0.1, 0.15) is 34.1 Å². The van der Waals surface area contributed by atoms with Crippen LogP contribution in [0.3, 0.4) is 0 Å². The van der Waals surface area contributed by atoms with Crippen LogP contribution < -0.4 is 4.90 Å². The number of aromatic nitrogens is 1. The molecule has 1 heterocycles. The molecule has 1 aromatic heterocycles. The second-order valence-corrected chi connectivity index (χ2v) is 8.08. The molecule has 6 nitrogen and oxygen atoms in total. The number of carboxylic acids is 1. The highest BCUT2D eigenvalue weighted by Crippen LogP contribution is 2.44. The molecule has 19 heavy (non-hydrogen) atoms. The fraction of sp³-hybridized carbons (Fsp3) is 0.636. The van der Waals surface area contributed by atoms with Crippen molar-refractivity contribution in [2.75, 3.05) is 30.5 Å². The second kappa shape index (κ2) is 5.09. The minimum absolute atomic E-state index is 0.0320. The molecule has 0 aliphatic heterocycles. The second-order valence-electron chi connectivity index (χ2n) is 4.84. The lowest BCUT2D eigenvalue weighted by atomic mass is 10.2. The van der Waals surface area contributed by atoms with Gasteiger partial charge in [0.1, 0.15) is 14.7 Å². The molecule has 2 rings (SSSR count). The maximum Gasteiger partial charge on any atom is 0.347 e. The van der Waals surface area contributed by atoms with Crippen molar-refractivity contribution < 1.29 is 18.3 Å². The van der Waals surface area contributed by atoms with E-state index in [1.165, 1.54) is 6.26 Å². The molecule has 1 saturated carbocycles. The van der Waals surface area contributed by atoms with Crippen molar-refractivity contribution in [2.24, 2.45) is 0 Å². The van der Waals surface area contributed by atoms with Gasteiger partial charge in [0.05, 0.1) is 11.4 Å². The molecule has 0 spiro atoms. The van der Waals surface area contributed by atoms with E-state index in [4.69, 9.17) is 5.11 Å². The average molecular weight is 304 g/mol. The van der Waals surface area contributed by atoms with E-state index in [1.54, 1.807) is 11.9 Å². The summed E-state index contributed by atoms with van der Waals surface area (Å²) in [5, 5.41) is 9.72. The summed E-state index contributed by atoms with van der Waals surface area (Å²) in [6, 6.07) is 0. The zero-order chi connectivity index (χ0) is 14.2. The van der Waals surface area contributed by atoms with Crippen LogP contribution in [0, 0.1) is 0 Å². The first-order valence-corrected chi connectivity index (χ1v) is 8.78. The molecule has 1 aliphatic carbocycles. The van der Waals surface area contributed by atoms with Crippen LogP contribution in [0.5, 0.6) is 0 Å². The Kier molecular flexibility index (Phi) is 3.82. The number of aromatic carboxylic acids is 1. The molecule has 0 radical (unpaired) electrons. The Morgan fingerprint density at radius 3 is 2.63 bits per heavy atom. The summed E-state index contributed by atoms with van der Waals surface area (Å²) in [5.41, 5.74) is 0.652. The Morgan fingerprint density at radius 1 is 1.53 bits per heavy atom. The lowest BCUT2D eigenvalue weighted by molar-refractivity contribution is 0.0700. The number of anilines is 1. The number of hydrogen-bond donors (Lipinski definition) is 1. The summed E-state index contributed by atoms with van der Waals surface area (Å²) in [7, 11) is -1.30. The molecule has 8 heteroatoms. The highest BCUT2D eigenvalue weighted by molar-refractivity contribution is 7.90. The zero-order valence-corrected chi connectivity index (χ0v) is 12.4. The standard InChI is InChI=1S/C11H16N2O4S2/c1-13(5-6-19(2,16)17)11-12-8(7-3-4-7)9(18-11)10(14)15/h7H,3-6H2,1-2H3,(H,14,15). The van der Waals surface area contributed by atoms with Crippen molar-refractivity contribution in [3.05, 3.63) is 10.6 Å². The van der Waals surface area contributed by atoms with Crippen LogP contribution in [0.4, 0.5) is 5.13 Å². The molecule has 1 N–H and O–H groups in total. The van der Waals surface area contributed by atoms with Gasteiger partial charge in [0.25, 0.3) is 0 Å². The highest BCUT2D eigenvalue weighted by Gasteiger charge is 2.32. The molecule has 1 fully saturated rings. The molecule has 106 valence electrons. The summed E-state index contributed by atoms with van der Waals surface area (Å²) in [6.45, 7) is 0.315. The van der Waals surface area contributed by atoms with E-state index >= 15 is 0 Å². The Morgan fingerprint density at radius 2 is 2.16 bits per heavy atom. The molecular weight excluding hydrogens is 288 g/mol. The van der Waals surface area contributed by atoms with Gasteiger partial charge < -0.3 is 10.0 Å². The maximum absolute atomic E-state index is 11.2. The lowest BCUT2D eigenvalue weighted by Crippen LogP contribution is -2.24. The molecule has 0 aromatic carbocycles. The van der Waals surface area contributed by atoms with E-state index in [2.05, 4.69) is 4.98 Å². The first kappa shape index (κ1) is 14.3. The molecule has 1 aliphatic rings. The van der Waals surface area contributed by atoms with Gasteiger partial charge in [0.2, 0.25) is 0 Å². The van der Waals surface area contributed by atoms with Gasteiger partial charge in [0.15, 0.2) is 5.13 Å². The maximum atomic E-state index is 11.2. The van der Waals surface area contributed by atoms with E-state index in [1.807, 2.05) is 0 Å². The van der Waals surface area contributed by atoms with Gasteiger partial charge in [-0.2, -0.15) is 0 Å². The van der Waals surface area contributed by atoms with Gasteiger partial charge in [-0.1, -0.05) is 11.3 Å². The van der Waals surface area contributed by atoms with Gasteiger partial charge in [0, 0.05) is 25.8 Å². The van der Waals surface area contributed by atoms with E-state index < -0.39 is 15.8 Å². The predicted molar refractivity (Wildman–Crippen MR) is 74.0 cm³/mol. The number of carboxylic acid groups (broad SMARTS) is 1. The minimum atomic E-state index is -3.03. The summed E-state index contributed by atoms with van der Waals surface area (Å²) in [4.78, 5) is 17.5. The van der Waals surface area contributed by atoms with E-state index in [9.17, 15) is 13.2 Å². The van der Waals surface area contributed by atoms with Crippen molar-refractivity contribution in [3.63, 3.8) is 0 Å². The Hall–Kier alpha value is -1.15.